The number of rotatable bonds is 5. The Morgan fingerprint density at radius 2 is 2.24 bits per heavy atom. The Labute approximate surface area is 125 Å². The molecule has 0 radical (unpaired) electrons. The second-order valence-corrected chi connectivity index (χ2v) is 5.07. The van der Waals surface area contributed by atoms with E-state index in [1.54, 1.807) is 12.1 Å². The second kappa shape index (κ2) is 7.48. The van der Waals surface area contributed by atoms with E-state index >= 15 is 0 Å². The molecular formula is C18H20O3. The van der Waals surface area contributed by atoms with Crippen LogP contribution < -0.4 is 0 Å². The first kappa shape index (κ1) is 15.1. The number of carbonyl (C=O) groups excluding carboxylic acids is 1. The largest absolute Gasteiger partial charge is 0.507 e. The van der Waals surface area contributed by atoms with Gasteiger partial charge >= 0.3 is 5.97 Å². The minimum atomic E-state index is -0.392. The van der Waals surface area contributed by atoms with Gasteiger partial charge in [0, 0.05) is 18.1 Å². The molecule has 0 spiro atoms. The molecule has 1 aromatic carbocycles. The van der Waals surface area contributed by atoms with E-state index in [2.05, 4.69) is 18.2 Å². The summed E-state index contributed by atoms with van der Waals surface area (Å²) < 4.78 is 5.15. The number of aryl methyl sites for hydroxylation is 1. The molecule has 0 saturated heterocycles. The molecule has 2 rings (SSSR count). The molecule has 1 aromatic rings. The maximum Gasteiger partial charge on any atom is 0.330 e. The van der Waals surface area contributed by atoms with Gasteiger partial charge in [-0.3, -0.25) is 0 Å². The highest BCUT2D eigenvalue weighted by molar-refractivity contribution is 5.87. The zero-order valence-electron chi connectivity index (χ0n) is 12.2. The molecule has 1 aliphatic carbocycles. The number of phenols is 1. The molecule has 0 amide bonds. The fourth-order valence-electron chi connectivity index (χ4n) is 2.14. The molecule has 0 aromatic heterocycles. The number of benzene rings is 1. The SMILES string of the molecule is Cc1ccc(O)c(/C=C/C(=O)OCCC2=CCCC=C2)c1. The summed E-state index contributed by atoms with van der Waals surface area (Å²) in [6.45, 7) is 2.31. The monoisotopic (exact) mass is 284 g/mol. The lowest BCUT2D eigenvalue weighted by Crippen LogP contribution is -2.03. The standard InChI is InChI=1S/C18H20O3/c1-14-7-9-17(19)16(13-14)8-10-18(20)21-12-11-15-5-3-2-4-6-15/h3,5-10,13,19H,2,4,11-12H2,1H3/b10-8+. The van der Waals surface area contributed by atoms with Gasteiger partial charge in [-0.1, -0.05) is 29.9 Å². The van der Waals surface area contributed by atoms with Gasteiger partial charge in [0.25, 0.3) is 0 Å². The highest BCUT2D eigenvalue weighted by Crippen LogP contribution is 2.19. The van der Waals surface area contributed by atoms with E-state index in [-0.39, 0.29) is 5.75 Å². The van der Waals surface area contributed by atoms with Crippen LogP contribution in [-0.4, -0.2) is 17.7 Å². The van der Waals surface area contributed by atoms with Crippen molar-refractivity contribution in [3.8, 4) is 5.75 Å². The second-order valence-electron chi connectivity index (χ2n) is 5.07. The zero-order chi connectivity index (χ0) is 15.1. The first-order chi connectivity index (χ1) is 10.1. The van der Waals surface area contributed by atoms with Crippen molar-refractivity contribution >= 4 is 12.0 Å². The Bertz CT molecular complexity index is 594. The van der Waals surface area contributed by atoms with Crippen LogP contribution in [0.3, 0.4) is 0 Å². The third-order valence-electron chi connectivity index (χ3n) is 3.29. The molecule has 1 aliphatic rings. The molecule has 21 heavy (non-hydrogen) atoms. The lowest BCUT2D eigenvalue weighted by atomic mass is 10.1. The normalized spacial score (nSPS) is 14.2. The minimum absolute atomic E-state index is 0.155. The van der Waals surface area contributed by atoms with Gasteiger partial charge in [-0.05, 0) is 43.5 Å². The van der Waals surface area contributed by atoms with Crippen molar-refractivity contribution < 1.29 is 14.6 Å². The maximum atomic E-state index is 11.6. The van der Waals surface area contributed by atoms with Crippen LogP contribution in [0, 0.1) is 6.92 Å². The van der Waals surface area contributed by atoms with Crippen molar-refractivity contribution in [2.75, 3.05) is 6.61 Å². The van der Waals surface area contributed by atoms with Gasteiger partial charge in [0.1, 0.15) is 5.75 Å². The minimum Gasteiger partial charge on any atom is -0.507 e. The van der Waals surface area contributed by atoms with E-state index in [1.165, 1.54) is 11.6 Å². The lowest BCUT2D eigenvalue weighted by molar-refractivity contribution is -0.137. The van der Waals surface area contributed by atoms with Crippen molar-refractivity contribution in [1.29, 1.82) is 0 Å². The third-order valence-corrected chi connectivity index (χ3v) is 3.29. The Morgan fingerprint density at radius 3 is 3.00 bits per heavy atom. The Balaban J connectivity index is 1.81. The summed E-state index contributed by atoms with van der Waals surface area (Å²) in [5, 5.41) is 9.68. The average Bonchev–Trinajstić information content (AvgIpc) is 2.49. The number of allylic oxidation sites excluding steroid dienone is 3. The fourth-order valence-corrected chi connectivity index (χ4v) is 2.14. The van der Waals surface area contributed by atoms with Crippen molar-refractivity contribution in [1.82, 2.24) is 0 Å². The smallest absolute Gasteiger partial charge is 0.330 e. The number of ether oxygens (including phenoxy) is 1. The van der Waals surface area contributed by atoms with Gasteiger partial charge < -0.3 is 9.84 Å². The van der Waals surface area contributed by atoms with E-state index < -0.39 is 5.97 Å². The topological polar surface area (TPSA) is 46.5 Å². The maximum absolute atomic E-state index is 11.6. The number of aromatic hydroxyl groups is 1. The molecule has 3 heteroatoms. The molecule has 0 heterocycles. The van der Waals surface area contributed by atoms with E-state index in [9.17, 15) is 9.90 Å². The molecule has 0 bridgehead atoms. The van der Waals surface area contributed by atoms with Gasteiger partial charge in [0.05, 0.1) is 6.61 Å². The van der Waals surface area contributed by atoms with Crippen molar-refractivity contribution in [3.05, 3.63) is 59.2 Å². The summed E-state index contributed by atoms with van der Waals surface area (Å²) in [6, 6.07) is 5.25. The number of hydrogen-bond donors (Lipinski definition) is 1. The van der Waals surface area contributed by atoms with Crippen LogP contribution in [0.25, 0.3) is 6.08 Å². The van der Waals surface area contributed by atoms with E-state index in [1.807, 2.05) is 19.1 Å². The van der Waals surface area contributed by atoms with Crippen LogP contribution in [0.1, 0.15) is 30.4 Å². The quantitative estimate of drug-likeness (QED) is 0.658. The zero-order valence-corrected chi connectivity index (χ0v) is 12.2. The van der Waals surface area contributed by atoms with Crippen molar-refractivity contribution in [2.45, 2.75) is 26.2 Å². The summed E-state index contributed by atoms with van der Waals surface area (Å²) in [5.41, 5.74) is 2.86. The van der Waals surface area contributed by atoms with Crippen LogP contribution in [0.4, 0.5) is 0 Å². The van der Waals surface area contributed by atoms with Gasteiger partial charge in [0.15, 0.2) is 0 Å². The van der Waals surface area contributed by atoms with E-state index in [0.717, 1.165) is 24.8 Å². The summed E-state index contributed by atoms with van der Waals surface area (Å²) >= 11 is 0. The van der Waals surface area contributed by atoms with Crippen LogP contribution >= 0.6 is 0 Å². The van der Waals surface area contributed by atoms with Crippen LogP contribution in [0.2, 0.25) is 0 Å². The van der Waals surface area contributed by atoms with E-state index in [4.69, 9.17) is 4.74 Å². The Hall–Kier alpha value is -2.29. The number of carbonyl (C=O) groups is 1. The molecule has 110 valence electrons. The summed E-state index contributed by atoms with van der Waals surface area (Å²) in [7, 11) is 0. The summed E-state index contributed by atoms with van der Waals surface area (Å²) in [6.07, 6.45) is 12.2. The predicted molar refractivity (Wildman–Crippen MR) is 83.9 cm³/mol. The van der Waals surface area contributed by atoms with Crippen LogP contribution in [0.15, 0.2) is 48.1 Å². The summed E-state index contributed by atoms with van der Waals surface area (Å²) in [4.78, 5) is 11.6. The van der Waals surface area contributed by atoms with Gasteiger partial charge in [-0.2, -0.15) is 0 Å². The number of hydrogen-bond acceptors (Lipinski definition) is 3. The molecule has 0 fully saturated rings. The van der Waals surface area contributed by atoms with Gasteiger partial charge in [-0.15, -0.1) is 0 Å². The van der Waals surface area contributed by atoms with Gasteiger partial charge in [0.2, 0.25) is 0 Å². The van der Waals surface area contributed by atoms with Gasteiger partial charge in [-0.25, -0.2) is 4.79 Å². The fraction of sp³-hybridized carbons (Fsp3) is 0.278. The molecule has 0 atom stereocenters. The number of phenolic OH excluding ortho intramolecular Hbond substituents is 1. The first-order valence-electron chi connectivity index (χ1n) is 7.15. The Morgan fingerprint density at radius 1 is 1.38 bits per heavy atom. The van der Waals surface area contributed by atoms with Crippen molar-refractivity contribution in [3.63, 3.8) is 0 Å². The average molecular weight is 284 g/mol. The molecule has 1 N–H and O–H groups in total. The predicted octanol–water partition coefficient (Wildman–Crippen LogP) is 3.92. The van der Waals surface area contributed by atoms with Crippen LogP contribution in [0.5, 0.6) is 5.75 Å². The molecular weight excluding hydrogens is 264 g/mol. The molecule has 3 nitrogen and oxygen atoms in total. The lowest BCUT2D eigenvalue weighted by Gasteiger charge is -2.06. The molecule has 0 aliphatic heterocycles. The first-order valence-corrected chi connectivity index (χ1v) is 7.15. The van der Waals surface area contributed by atoms with Crippen LogP contribution in [-0.2, 0) is 9.53 Å². The highest BCUT2D eigenvalue weighted by Gasteiger charge is 2.02. The molecule has 0 saturated carbocycles. The molecule has 0 unspecified atom stereocenters. The summed E-state index contributed by atoms with van der Waals surface area (Å²) in [5.74, 6) is -0.238. The van der Waals surface area contributed by atoms with E-state index in [0.29, 0.717) is 12.2 Å². The number of esters is 1. The third kappa shape index (κ3) is 4.95. The van der Waals surface area contributed by atoms with Crippen molar-refractivity contribution in [2.24, 2.45) is 0 Å². The highest BCUT2D eigenvalue weighted by atomic mass is 16.5. The Kier molecular flexibility index (Phi) is 5.38.